The molecule has 15 heavy (non-hydrogen) atoms. The van der Waals surface area contributed by atoms with Crippen LogP contribution in [0.5, 0.6) is 0 Å². The van der Waals surface area contributed by atoms with E-state index in [2.05, 4.69) is 39.0 Å². The van der Waals surface area contributed by atoms with E-state index in [9.17, 15) is 5.11 Å². The third kappa shape index (κ3) is 2.80. The minimum Gasteiger partial charge on any atom is -0.387 e. The Hall–Kier alpha value is -0.860. The molecule has 2 nitrogen and oxygen atoms in total. The fraction of sp³-hybridized carbons (Fsp3) is 0.538. The molecule has 0 fully saturated rings. The van der Waals surface area contributed by atoms with Crippen molar-refractivity contribution in [3.63, 3.8) is 0 Å². The SMILES string of the molecule is CCc1ccc(C(C)C)c(C(O)CN)c1. The van der Waals surface area contributed by atoms with Gasteiger partial charge in [-0.2, -0.15) is 0 Å². The summed E-state index contributed by atoms with van der Waals surface area (Å²) < 4.78 is 0. The Kier molecular flexibility index (Phi) is 4.30. The number of hydrogen-bond acceptors (Lipinski definition) is 2. The van der Waals surface area contributed by atoms with Crippen LogP contribution in [0.3, 0.4) is 0 Å². The molecule has 0 saturated heterocycles. The van der Waals surface area contributed by atoms with Gasteiger partial charge in [0.1, 0.15) is 0 Å². The van der Waals surface area contributed by atoms with Gasteiger partial charge in [-0.1, -0.05) is 39.0 Å². The highest BCUT2D eigenvalue weighted by Gasteiger charge is 2.13. The molecule has 1 aromatic carbocycles. The lowest BCUT2D eigenvalue weighted by Crippen LogP contribution is -2.14. The summed E-state index contributed by atoms with van der Waals surface area (Å²) >= 11 is 0. The van der Waals surface area contributed by atoms with Crippen molar-refractivity contribution >= 4 is 0 Å². The molecule has 1 aromatic rings. The Morgan fingerprint density at radius 1 is 1.27 bits per heavy atom. The average molecular weight is 207 g/mol. The molecule has 0 aliphatic rings. The summed E-state index contributed by atoms with van der Waals surface area (Å²) in [7, 11) is 0. The first-order chi connectivity index (χ1) is 7.10. The van der Waals surface area contributed by atoms with E-state index in [-0.39, 0.29) is 6.54 Å². The summed E-state index contributed by atoms with van der Waals surface area (Å²) in [4.78, 5) is 0. The van der Waals surface area contributed by atoms with Crippen molar-refractivity contribution in [3.8, 4) is 0 Å². The lowest BCUT2D eigenvalue weighted by atomic mass is 9.92. The Balaban J connectivity index is 3.16. The molecule has 0 bridgehead atoms. The number of aryl methyl sites for hydroxylation is 1. The summed E-state index contributed by atoms with van der Waals surface area (Å²) in [5.74, 6) is 0.423. The number of aliphatic hydroxyl groups is 1. The molecular weight excluding hydrogens is 186 g/mol. The maximum Gasteiger partial charge on any atom is 0.0915 e. The van der Waals surface area contributed by atoms with E-state index in [1.54, 1.807) is 0 Å². The second kappa shape index (κ2) is 5.29. The van der Waals surface area contributed by atoms with E-state index >= 15 is 0 Å². The van der Waals surface area contributed by atoms with Gasteiger partial charge in [0, 0.05) is 6.54 Å². The summed E-state index contributed by atoms with van der Waals surface area (Å²) in [5, 5.41) is 9.85. The van der Waals surface area contributed by atoms with Crippen LogP contribution in [0.15, 0.2) is 18.2 Å². The van der Waals surface area contributed by atoms with Crippen LogP contribution < -0.4 is 5.73 Å². The molecular formula is C13H21NO. The van der Waals surface area contributed by atoms with Crippen LogP contribution >= 0.6 is 0 Å². The Morgan fingerprint density at radius 3 is 2.40 bits per heavy atom. The number of aliphatic hydroxyl groups excluding tert-OH is 1. The van der Waals surface area contributed by atoms with Crippen LogP contribution in [0.4, 0.5) is 0 Å². The van der Waals surface area contributed by atoms with Gasteiger partial charge in [0.15, 0.2) is 0 Å². The Labute approximate surface area is 92.1 Å². The smallest absolute Gasteiger partial charge is 0.0915 e. The van der Waals surface area contributed by atoms with Crippen molar-refractivity contribution in [2.75, 3.05) is 6.54 Å². The van der Waals surface area contributed by atoms with Crippen LogP contribution in [0.1, 0.15) is 49.5 Å². The van der Waals surface area contributed by atoms with E-state index in [0.717, 1.165) is 12.0 Å². The van der Waals surface area contributed by atoms with Crippen molar-refractivity contribution in [1.82, 2.24) is 0 Å². The first kappa shape index (κ1) is 12.2. The third-order valence-electron chi connectivity index (χ3n) is 2.76. The Morgan fingerprint density at radius 2 is 1.93 bits per heavy atom. The largest absolute Gasteiger partial charge is 0.387 e. The van der Waals surface area contributed by atoms with E-state index in [0.29, 0.717) is 5.92 Å². The van der Waals surface area contributed by atoms with Crippen LogP contribution in [0, 0.1) is 0 Å². The molecule has 0 radical (unpaired) electrons. The normalized spacial score (nSPS) is 13.2. The zero-order chi connectivity index (χ0) is 11.4. The first-order valence-corrected chi connectivity index (χ1v) is 5.61. The lowest BCUT2D eigenvalue weighted by molar-refractivity contribution is 0.185. The quantitative estimate of drug-likeness (QED) is 0.796. The highest BCUT2D eigenvalue weighted by Crippen LogP contribution is 2.25. The second-order valence-corrected chi connectivity index (χ2v) is 4.22. The van der Waals surface area contributed by atoms with E-state index in [1.165, 1.54) is 11.1 Å². The minimum absolute atomic E-state index is 0.285. The number of hydrogen-bond donors (Lipinski definition) is 2. The van der Waals surface area contributed by atoms with Gasteiger partial charge < -0.3 is 10.8 Å². The Bertz CT molecular complexity index is 320. The van der Waals surface area contributed by atoms with Crippen LogP contribution in [0.2, 0.25) is 0 Å². The predicted molar refractivity (Wildman–Crippen MR) is 63.9 cm³/mol. The first-order valence-electron chi connectivity index (χ1n) is 5.61. The molecule has 1 unspecified atom stereocenters. The molecule has 0 heterocycles. The van der Waals surface area contributed by atoms with Crippen LogP contribution in [-0.2, 0) is 6.42 Å². The molecule has 0 amide bonds. The van der Waals surface area contributed by atoms with Crippen molar-refractivity contribution in [1.29, 1.82) is 0 Å². The number of rotatable bonds is 4. The zero-order valence-electron chi connectivity index (χ0n) is 9.83. The van der Waals surface area contributed by atoms with Gasteiger partial charge >= 0.3 is 0 Å². The van der Waals surface area contributed by atoms with Gasteiger partial charge in [0.2, 0.25) is 0 Å². The molecule has 3 N–H and O–H groups in total. The fourth-order valence-corrected chi connectivity index (χ4v) is 1.79. The maximum absolute atomic E-state index is 9.85. The topological polar surface area (TPSA) is 46.2 Å². The number of nitrogens with two attached hydrogens (primary N) is 1. The highest BCUT2D eigenvalue weighted by atomic mass is 16.3. The lowest BCUT2D eigenvalue weighted by Gasteiger charge is -2.17. The van der Waals surface area contributed by atoms with E-state index in [1.807, 2.05) is 0 Å². The molecule has 0 aliphatic heterocycles. The van der Waals surface area contributed by atoms with Crippen molar-refractivity contribution in [2.45, 2.75) is 39.2 Å². The molecule has 0 aromatic heterocycles. The third-order valence-corrected chi connectivity index (χ3v) is 2.76. The number of benzene rings is 1. The second-order valence-electron chi connectivity index (χ2n) is 4.22. The average Bonchev–Trinajstić information content (AvgIpc) is 2.26. The zero-order valence-corrected chi connectivity index (χ0v) is 9.83. The van der Waals surface area contributed by atoms with E-state index in [4.69, 9.17) is 5.73 Å². The van der Waals surface area contributed by atoms with Crippen molar-refractivity contribution in [3.05, 3.63) is 34.9 Å². The van der Waals surface area contributed by atoms with Gasteiger partial charge in [-0.3, -0.25) is 0 Å². The standard InChI is InChI=1S/C13H21NO/c1-4-10-5-6-11(9(2)3)12(7-10)13(15)8-14/h5-7,9,13,15H,4,8,14H2,1-3H3. The molecule has 0 spiro atoms. The van der Waals surface area contributed by atoms with Gasteiger partial charge in [-0.15, -0.1) is 0 Å². The van der Waals surface area contributed by atoms with Gasteiger partial charge in [0.05, 0.1) is 6.10 Å². The molecule has 1 atom stereocenters. The van der Waals surface area contributed by atoms with E-state index < -0.39 is 6.10 Å². The van der Waals surface area contributed by atoms with Gasteiger partial charge in [-0.25, -0.2) is 0 Å². The van der Waals surface area contributed by atoms with Crippen molar-refractivity contribution < 1.29 is 5.11 Å². The molecule has 1 rings (SSSR count). The summed E-state index contributed by atoms with van der Waals surface area (Å²) in [6.07, 6.45) is 0.455. The van der Waals surface area contributed by atoms with Crippen LogP contribution in [0.25, 0.3) is 0 Å². The minimum atomic E-state index is -0.533. The summed E-state index contributed by atoms with van der Waals surface area (Å²) in [5.41, 5.74) is 8.96. The van der Waals surface area contributed by atoms with Gasteiger partial charge in [0.25, 0.3) is 0 Å². The summed E-state index contributed by atoms with van der Waals surface area (Å²) in [6, 6.07) is 6.31. The van der Waals surface area contributed by atoms with Gasteiger partial charge in [-0.05, 0) is 29.0 Å². The summed E-state index contributed by atoms with van der Waals surface area (Å²) in [6.45, 7) is 6.66. The predicted octanol–water partition coefficient (Wildman–Crippen LogP) is 2.36. The fourth-order valence-electron chi connectivity index (χ4n) is 1.79. The van der Waals surface area contributed by atoms with Crippen LogP contribution in [-0.4, -0.2) is 11.7 Å². The maximum atomic E-state index is 9.85. The monoisotopic (exact) mass is 207 g/mol. The molecule has 0 aliphatic carbocycles. The molecule has 0 saturated carbocycles. The molecule has 2 heteroatoms. The highest BCUT2D eigenvalue weighted by molar-refractivity contribution is 5.35. The molecule has 84 valence electrons. The van der Waals surface area contributed by atoms with Crippen molar-refractivity contribution in [2.24, 2.45) is 5.73 Å².